The topological polar surface area (TPSA) is 21.8 Å². The molecule has 2 nitrogen and oxygen atoms in total. The van der Waals surface area contributed by atoms with Gasteiger partial charge in [0, 0.05) is 17.9 Å². The van der Waals surface area contributed by atoms with E-state index in [9.17, 15) is 0 Å². The van der Waals surface area contributed by atoms with Gasteiger partial charge in [-0.1, -0.05) is 53.7 Å². The molecule has 4 aliphatic carbocycles. The minimum absolute atomic E-state index is 0.143. The molecule has 0 aromatic rings. The van der Waals surface area contributed by atoms with Gasteiger partial charge in [0.2, 0.25) is 0 Å². The number of allylic oxidation sites excluding steroid dienone is 2. The van der Waals surface area contributed by atoms with Crippen LogP contribution in [-0.2, 0) is 9.16 Å². The summed E-state index contributed by atoms with van der Waals surface area (Å²) in [6.45, 7) is 22.0. The molecule has 1 saturated heterocycles. The maximum atomic E-state index is 6.79. The summed E-state index contributed by atoms with van der Waals surface area (Å²) >= 11 is 0. The van der Waals surface area contributed by atoms with Crippen molar-refractivity contribution in [2.75, 3.05) is 0 Å². The molecule has 1 heterocycles. The van der Waals surface area contributed by atoms with Crippen molar-refractivity contribution >= 4 is 8.32 Å². The minimum Gasteiger partial charge on any atom is -0.415 e. The summed E-state index contributed by atoms with van der Waals surface area (Å²) in [6.07, 6.45) is 18.3. The molecule has 5 rings (SSSR count). The fourth-order valence-corrected chi connectivity index (χ4v) is 11.6. The van der Waals surface area contributed by atoms with E-state index in [0.717, 1.165) is 35.5 Å². The molecule has 0 radical (unpaired) electrons. The van der Waals surface area contributed by atoms with Crippen molar-refractivity contribution in [2.24, 2.45) is 52.3 Å². The lowest BCUT2D eigenvalue weighted by molar-refractivity contribution is -0.113. The summed E-state index contributed by atoms with van der Waals surface area (Å²) in [4.78, 5) is 0. The van der Waals surface area contributed by atoms with Crippen LogP contribution in [-0.4, -0.2) is 26.1 Å². The largest absolute Gasteiger partial charge is 0.415 e. The lowest BCUT2D eigenvalue weighted by Gasteiger charge is -2.60. The molecular weight excluding hydrogens is 444 g/mol. The van der Waals surface area contributed by atoms with Gasteiger partial charge < -0.3 is 9.16 Å². The van der Waals surface area contributed by atoms with Crippen molar-refractivity contribution < 1.29 is 9.16 Å². The molecular formula is C32H56O2Si. The first-order chi connectivity index (χ1) is 16.3. The van der Waals surface area contributed by atoms with Crippen molar-refractivity contribution in [2.45, 2.75) is 137 Å². The van der Waals surface area contributed by atoms with Crippen LogP contribution in [0.4, 0.5) is 0 Å². The number of hydrogen-bond acceptors (Lipinski definition) is 2. The third-order valence-corrected chi connectivity index (χ3v) is 13.3. The van der Waals surface area contributed by atoms with Crippen LogP contribution in [0.5, 0.6) is 0 Å². The summed E-state index contributed by atoms with van der Waals surface area (Å²) in [7, 11) is -1.50. The lowest BCUT2D eigenvalue weighted by atomic mass is 9.44. The Hall–Kier alpha value is -0.123. The predicted octanol–water partition coefficient (Wildman–Crippen LogP) is 8.87. The van der Waals surface area contributed by atoms with E-state index >= 15 is 0 Å². The second kappa shape index (κ2) is 8.97. The molecule has 3 unspecified atom stereocenters. The molecule has 4 saturated carbocycles. The Morgan fingerprint density at radius 3 is 2.37 bits per heavy atom. The van der Waals surface area contributed by atoms with Crippen LogP contribution in [0.2, 0.25) is 19.6 Å². The zero-order valence-electron chi connectivity index (χ0n) is 24.5. The van der Waals surface area contributed by atoms with E-state index in [2.05, 4.69) is 73.3 Å². The lowest BCUT2D eigenvalue weighted by Crippen LogP contribution is -2.59. The number of epoxide rings is 1. The molecule has 5 aliphatic rings. The molecule has 0 aromatic carbocycles. The molecule has 11 atom stereocenters. The van der Waals surface area contributed by atoms with Crippen LogP contribution in [0.25, 0.3) is 0 Å². The highest BCUT2D eigenvalue weighted by Crippen LogP contribution is 2.74. The highest BCUT2D eigenvalue weighted by molar-refractivity contribution is 6.69. The third-order valence-electron chi connectivity index (χ3n) is 12.3. The van der Waals surface area contributed by atoms with E-state index in [1.165, 1.54) is 57.8 Å². The van der Waals surface area contributed by atoms with E-state index in [1.54, 1.807) is 0 Å². The maximum Gasteiger partial charge on any atom is 0.184 e. The summed E-state index contributed by atoms with van der Waals surface area (Å²) < 4.78 is 13.4. The van der Waals surface area contributed by atoms with E-state index in [1.807, 2.05) is 0 Å². The van der Waals surface area contributed by atoms with Gasteiger partial charge in [-0.25, -0.2) is 0 Å². The van der Waals surface area contributed by atoms with Gasteiger partial charge in [0.1, 0.15) is 5.60 Å². The van der Waals surface area contributed by atoms with Gasteiger partial charge in [-0.3, -0.25) is 0 Å². The smallest absolute Gasteiger partial charge is 0.184 e. The number of fused-ring (bicyclic) bond motifs is 4. The Labute approximate surface area is 218 Å². The highest BCUT2D eigenvalue weighted by Gasteiger charge is 2.76. The van der Waals surface area contributed by atoms with Gasteiger partial charge in [-0.05, 0) is 118 Å². The first kappa shape index (κ1) is 26.5. The molecule has 1 spiro atoms. The average molecular weight is 501 g/mol. The van der Waals surface area contributed by atoms with Gasteiger partial charge >= 0.3 is 0 Å². The SMILES string of the molecule is CC[C@H](/C=C/[C@@H](C)[C@H]1CCC2C3C[C@@H]4O[C@@]45C[C@@H](O[Si](C)(C)C)CC[C@]5(C)C3CC[C@@]21C)C(C)C. The Morgan fingerprint density at radius 2 is 1.71 bits per heavy atom. The quantitative estimate of drug-likeness (QED) is 0.198. The summed E-state index contributed by atoms with van der Waals surface area (Å²) in [5.74, 6) is 5.70. The molecule has 35 heavy (non-hydrogen) atoms. The molecule has 3 heteroatoms. The van der Waals surface area contributed by atoms with Gasteiger partial charge in [-0.2, -0.15) is 0 Å². The van der Waals surface area contributed by atoms with Crippen molar-refractivity contribution in [1.29, 1.82) is 0 Å². The van der Waals surface area contributed by atoms with Crippen LogP contribution < -0.4 is 0 Å². The summed E-state index contributed by atoms with van der Waals surface area (Å²) in [5.41, 5.74) is 1.04. The van der Waals surface area contributed by atoms with Crippen molar-refractivity contribution in [3.8, 4) is 0 Å². The number of ether oxygens (including phenoxy) is 1. The zero-order chi connectivity index (χ0) is 25.4. The second-order valence-electron chi connectivity index (χ2n) is 15.4. The first-order valence-corrected chi connectivity index (χ1v) is 18.8. The maximum absolute atomic E-state index is 6.79. The van der Waals surface area contributed by atoms with E-state index in [4.69, 9.17) is 9.16 Å². The second-order valence-corrected chi connectivity index (χ2v) is 19.9. The molecule has 5 fully saturated rings. The standard InChI is InChI=1S/C32H56O2Si/c1-10-23(21(2)3)12-11-22(4)26-13-14-27-25-19-29-32(33-29)20-24(34-35(7,8)9)15-18-31(32,6)28(25)16-17-30(26,27)5/h11-12,21-29H,10,13-20H2,1-9H3/b12-11+/t22-,23-,24+,25?,26-,27?,28?,29+,30-,31-,32+/m1/s1. The Morgan fingerprint density at radius 1 is 0.971 bits per heavy atom. The Kier molecular flexibility index (Phi) is 6.79. The molecule has 0 N–H and O–H groups in total. The minimum atomic E-state index is -1.50. The Bertz CT molecular complexity index is 815. The zero-order valence-corrected chi connectivity index (χ0v) is 25.5. The monoisotopic (exact) mass is 500 g/mol. The predicted molar refractivity (Wildman–Crippen MR) is 150 cm³/mol. The van der Waals surface area contributed by atoms with E-state index in [-0.39, 0.29) is 5.60 Å². The Balaban J connectivity index is 1.31. The van der Waals surface area contributed by atoms with Gasteiger partial charge in [-0.15, -0.1) is 0 Å². The fourth-order valence-electron chi connectivity index (χ4n) is 10.4. The highest BCUT2D eigenvalue weighted by atomic mass is 28.4. The molecule has 0 aromatic heterocycles. The third kappa shape index (κ3) is 4.26. The van der Waals surface area contributed by atoms with Crippen LogP contribution in [0.3, 0.4) is 0 Å². The summed E-state index contributed by atoms with van der Waals surface area (Å²) in [6, 6.07) is 0. The molecule has 0 bridgehead atoms. The van der Waals surface area contributed by atoms with Gasteiger partial charge in [0.15, 0.2) is 8.32 Å². The van der Waals surface area contributed by atoms with Crippen LogP contribution in [0.15, 0.2) is 12.2 Å². The molecule has 200 valence electrons. The van der Waals surface area contributed by atoms with Crippen LogP contribution in [0.1, 0.15) is 99.3 Å². The van der Waals surface area contributed by atoms with Crippen molar-refractivity contribution in [3.05, 3.63) is 12.2 Å². The van der Waals surface area contributed by atoms with E-state index < -0.39 is 8.32 Å². The van der Waals surface area contributed by atoms with E-state index in [0.29, 0.717) is 29.0 Å². The molecule has 0 amide bonds. The number of hydrogen-bond donors (Lipinski definition) is 0. The van der Waals surface area contributed by atoms with Crippen LogP contribution in [0, 0.1) is 52.3 Å². The van der Waals surface area contributed by atoms with Crippen molar-refractivity contribution in [1.82, 2.24) is 0 Å². The fraction of sp³-hybridized carbons (Fsp3) is 0.938. The van der Waals surface area contributed by atoms with Crippen LogP contribution >= 0.6 is 0 Å². The molecule has 1 aliphatic heterocycles. The summed E-state index contributed by atoms with van der Waals surface area (Å²) in [5, 5.41) is 0. The number of rotatable bonds is 7. The van der Waals surface area contributed by atoms with Gasteiger partial charge in [0.25, 0.3) is 0 Å². The first-order valence-electron chi connectivity index (χ1n) is 15.4. The van der Waals surface area contributed by atoms with Gasteiger partial charge in [0.05, 0.1) is 6.10 Å². The normalized spacial score (nSPS) is 48.7. The van der Waals surface area contributed by atoms with Crippen molar-refractivity contribution in [3.63, 3.8) is 0 Å². The average Bonchev–Trinajstić information content (AvgIpc) is 3.34.